The SMILES string of the molecule is CC1CC(CC(=O)N(C)CCCC(=O)O)CC(C)(C)C1. The molecule has 0 aromatic carbocycles. The Morgan fingerprint density at radius 2 is 1.95 bits per heavy atom. The summed E-state index contributed by atoms with van der Waals surface area (Å²) in [7, 11) is 1.78. The summed E-state index contributed by atoms with van der Waals surface area (Å²) in [6.07, 6.45) is 4.77. The number of hydrogen-bond acceptors (Lipinski definition) is 2. The van der Waals surface area contributed by atoms with Crippen LogP contribution in [-0.2, 0) is 9.59 Å². The van der Waals surface area contributed by atoms with E-state index in [0.717, 1.165) is 12.8 Å². The molecule has 1 amide bonds. The van der Waals surface area contributed by atoms with Gasteiger partial charge in [-0.3, -0.25) is 9.59 Å². The molecule has 1 aliphatic rings. The molecule has 0 aliphatic heterocycles. The molecule has 20 heavy (non-hydrogen) atoms. The van der Waals surface area contributed by atoms with Gasteiger partial charge in [0.2, 0.25) is 5.91 Å². The standard InChI is InChI=1S/C16H29NO3/c1-12-8-13(11-16(2,3)10-12)9-14(18)17(4)7-5-6-15(19)20/h12-13H,5-11H2,1-4H3,(H,19,20). The first kappa shape index (κ1) is 17.0. The van der Waals surface area contributed by atoms with Gasteiger partial charge in [-0.15, -0.1) is 0 Å². The van der Waals surface area contributed by atoms with Crippen molar-refractivity contribution in [3.05, 3.63) is 0 Å². The summed E-state index contributed by atoms with van der Waals surface area (Å²) in [5.41, 5.74) is 0.338. The van der Waals surface area contributed by atoms with Crippen LogP contribution in [0.3, 0.4) is 0 Å². The van der Waals surface area contributed by atoms with Crippen molar-refractivity contribution in [1.29, 1.82) is 0 Å². The highest BCUT2D eigenvalue weighted by molar-refractivity contribution is 5.76. The minimum Gasteiger partial charge on any atom is -0.481 e. The fraction of sp³-hybridized carbons (Fsp3) is 0.875. The molecule has 0 saturated heterocycles. The lowest BCUT2D eigenvalue weighted by Crippen LogP contribution is -2.34. The Labute approximate surface area is 122 Å². The van der Waals surface area contributed by atoms with Crippen molar-refractivity contribution in [2.75, 3.05) is 13.6 Å². The molecule has 1 fully saturated rings. The average Bonchev–Trinajstić information content (AvgIpc) is 2.25. The smallest absolute Gasteiger partial charge is 0.303 e. The Morgan fingerprint density at radius 3 is 2.50 bits per heavy atom. The lowest BCUT2D eigenvalue weighted by atomic mass is 9.67. The minimum absolute atomic E-state index is 0.130. The van der Waals surface area contributed by atoms with Crippen LogP contribution in [0.2, 0.25) is 0 Å². The number of carboxylic acid groups (broad SMARTS) is 1. The van der Waals surface area contributed by atoms with E-state index in [1.54, 1.807) is 11.9 Å². The van der Waals surface area contributed by atoms with Gasteiger partial charge < -0.3 is 10.0 Å². The quantitative estimate of drug-likeness (QED) is 0.814. The van der Waals surface area contributed by atoms with Crippen LogP contribution in [-0.4, -0.2) is 35.5 Å². The van der Waals surface area contributed by atoms with Gasteiger partial charge in [-0.05, 0) is 42.9 Å². The predicted octanol–water partition coefficient (Wildman–Crippen LogP) is 3.16. The van der Waals surface area contributed by atoms with Crippen molar-refractivity contribution in [3.8, 4) is 0 Å². The molecule has 4 nitrogen and oxygen atoms in total. The molecule has 0 aromatic rings. The van der Waals surface area contributed by atoms with Crippen LogP contribution in [0.5, 0.6) is 0 Å². The summed E-state index contributed by atoms with van der Waals surface area (Å²) in [6.45, 7) is 7.39. The third-order valence-electron chi connectivity index (χ3n) is 4.25. The van der Waals surface area contributed by atoms with Gasteiger partial charge in [-0.2, -0.15) is 0 Å². The molecule has 2 unspecified atom stereocenters. The van der Waals surface area contributed by atoms with E-state index < -0.39 is 5.97 Å². The van der Waals surface area contributed by atoms with E-state index in [1.165, 1.54) is 6.42 Å². The number of carbonyl (C=O) groups is 2. The van der Waals surface area contributed by atoms with Crippen LogP contribution in [0.25, 0.3) is 0 Å². The molecule has 0 bridgehead atoms. The summed E-state index contributed by atoms with van der Waals surface area (Å²) in [4.78, 5) is 24.3. The van der Waals surface area contributed by atoms with Crippen molar-refractivity contribution in [2.45, 2.75) is 59.3 Å². The Morgan fingerprint density at radius 1 is 1.30 bits per heavy atom. The molecule has 4 heteroatoms. The van der Waals surface area contributed by atoms with Gasteiger partial charge in [0.05, 0.1) is 0 Å². The first-order valence-electron chi connectivity index (χ1n) is 7.65. The molecule has 1 N–H and O–H groups in total. The van der Waals surface area contributed by atoms with E-state index in [-0.39, 0.29) is 12.3 Å². The lowest BCUT2D eigenvalue weighted by Gasteiger charge is -2.39. The molecule has 0 heterocycles. The normalized spacial score (nSPS) is 25.2. The van der Waals surface area contributed by atoms with E-state index in [4.69, 9.17) is 5.11 Å². The summed E-state index contributed by atoms with van der Waals surface area (Å²) >= 11 is 0. The molecule has 1 rings (SSSR count). The third kappa shape index (κ3) is 5.93. The second-order valence-corrected chi connectivity index (χ2v) is 7.30. The molecule has 2 atom stereocenters. The van der Waals surface area contributed by atoms with Crippen molar-refractivity contribution >= 4 is 11.9 Å². The van der Waals surface area contributed by atoms with Crippen molar-refractivity contribution in [1.82, 2.24) is 4.90 Å². The highest BCUT2D eigenvalue weighted by atomic mass is 16.4. The first-order chi connectivity index (χ1) is 9.19. The van der Waals surface area contributed by atoms with Crippen LogP contribution in [0.1, 0.15) is 59.3 Å². The van der Waals surface area contributed by atoms with Crippen molar-refractivity contribution in [3.63, 3.8) is 0 Å². The highest BCUT2D eigenvalue weighted by Crippen LogP contribution is 2.42. The monoisotopic (exact) mass is 283 g/mol. The molecule has 0 aromatic heterocycles. The zero-order valence-corrected chi connectivity index (χ0v) is 13.3. The molecule has 1 aliphatic carbocycles. The fourth-order valence-electron chi connectivity index (χ4n) is 3.69. The number of carboxylic acids is 1. The van der Waals surface area contributed by atoms with E-state index in [2.05, 4.69) is 20.8 Å². The van der Waals surface area contributed by atoms with Crippen LogP contribution in [0.4, 0.5) is 0 Å². The molecule has 0 radical (unpaired) electrons. The van der Waals surface area contributed by atoms with Gasteiger partial charge in [0, 0.05) is 26.4 Å². The van der Waals surface area contributed by atoms with E-state index in [9.17, 15) is 9.59 Å². The molecule has 0 spiro atoms. The van der Waals surface area contributed by atoms with Crippen LogP contribution in [0, 0.1) is 17.3 Å². The van der Waals surface area contributed by atoms with E-state index in [1.807, 2.05) is 0 Å². The number of hydrogen-bond donors (Lipinski definition) is 1. The second-order valence-electron chi connectivity index (χ2n) is 7.30. The van der Waals surface area contributed by atoms with Gasteiger partial charge in [0.25, 0.3) is 0 Å². The van der Waals surface area contributed by atoms with E-state index >= 15 is 0 Å². The van der Waals surface area contributed by atoms with Gasteiger partial charge in [-0.1, -0.05) is 20.8 Å². The maximum atomic E-state index is 12.2. The van der Waals surface area contributed by atoms with Gasteiger partial charge >= 0.3 is 5.97 Å². The number of amides is 1. The Bertz CT molecular complexity index is 352. The average molecular weight is 283 g/mol. The predicted molar refractivity (Wildman–Crippen MR) is 79.4 cm³/mol. The van der Waals surface area contributed by atoms with Crippen LogP contribution in [0.15, 0.2) is 0 Å². The minimum atomic E-state index is -0.797. The Balaban J connectivity index is 2.39. The van der Waals surface area contributed by atoms with Crippen molar-refractivity contribution in [2.24, 2.45) is 17.3 Å². The molecular weight excluding hydrogens is 254 g/mol. The summed E-state index contributed by atoms with van der Waals surface area (Å²) < 4.78 is 0. The highest BCUT2D eigenvalue weighted by Gasteiger charge is 2.33. The Hall–Kier alpha value is -1.06. The number of rotatable bonds is 6. The topological polar surface area (TPSA) is 57.6 Å². The summed E-state index contributed by atoms with van der Waals surface area (Å²) in [5.74, 6) is 0.524. The maximum Gasteiger partial charge on any atom is 0.303 e. The van der Waals surface area contributed by atoms with E-state index in [0.29, 0.717) is 36.6 Å². The van der Waals surface area contributed by atoms with Gasteiger partial charge in [0.15, 0.2) is 0 Å². The van der Waals surface area contributed by atoms with Crippen LogP contribution >= 0.6 is 0 Å². The first-order valence-corrected chi connectivity index (χ1v) is 7.65. The van der Waals surface area contributed by atoms with Crippen molar-refractivity contribution < 1.29 is 14.7 Å². The fourth-order valence-corrected chi connectivity index (χ4v) is 3.69. The number of nitrogens with zero attached hydrogens (tertiary/aromatic N) is 1. The summed E-state index contributed by atoms with van der Waals surface area (Å²) in [6, 6.07) is 0. The molecule has 1 saturated carbocycles. The maximum absolute atomic E-state index is 12.2. The largest absolute Gasteiger partial charge is 0.481 e. The number of carbonyl (C=O) groups excluding carboxylic acids is 1. The van der Waals surface area contributed by atoms with Gasteiger partial charge in [0.1, 0.15) is 0 Å². The lowest BCUT2D eigenvalue weighted by molar-refractivity contribution is -0.138. The summed E-state index contributed by atoms with van der Waals surface area (Å²) in [5, 5.41) is 8.61. The van der Waals surface area contributed by atoms with Crippen LogP contribution < -0.4 is 0 Å². The zero-order chi connectivity index (χ0) is 15.3. The zero-order valence-electron chi connectivity index (χ0n) is 13.3. The Kier molecular flexibility index (Phi) is 6.03. The number of aliphatic carboxylic acids is 1. The van der Waals surface area contributed by atoms with Gasteiger partial charge in [-0.25, -0.2) is 0 Å². The second kappa shape index (κ2) is 7.09. The third-order valence-corrected chi connectivity index (χ3v) is 4.25. The molecule has 116 valence electrons. The molecular formula is C16H29NO3.